The van der Waals surface area contributed by atoms with Gasteiger partial charge in [-0.2, -0.15) is 0 Å². The summed E-state index contributed by atoms with van der Waals surface area (Å²) in [7, 11) is 1.87. The fourth-order valence-electron chi connectivity index (χ4n) is 8.66. The number of hydrogen-bond donors (Lipinski definition) is 0. The lowest BCUT2D eigenvalue weighted by Gasteiger charge is -2.55. The van der Waals surface area contributed by atoms with Crippen LogP contribution in [0.15, 0.2) is 11.6 Å². The third-order valence-electron chi connectivity index (χ3n) is 11.7. The van der Waals surface area contributed by atoms with Crippen molar-refractivity contribution in [3.63, 3.8) is 0 Å². The number of halogens is 1. The Hall–Kier alpha value is 0.317. The van der Waals surface area contributed by atoms with Crippen molar-refractivity contribution < 1.29 is 13.9 Å². The molecule has 182 valence electrons. The van der Waals surface area contributed by atoms with Crippen LogP contribution in [0.3, 0.4) is 0 Å². The van der Waals surface area contributed by atoms with E-state index in [1.807, 2.05) is 14.2 Å². The van der Waals surface area contributed by atoms with E-state index in [9.17, 15) is 0 Å². The largest absolute Gasteiger partial charge is 0.413 e. The quantitative estimate of drug-likeness (QED) is 0.165. The van der Waals surface area contributed by atoms with E-state index < -0.39 is 14.1 Å². The van der Waals surface area contributed by atoms with E-state index in [4.69, 9.17) is 13.9 Å². The molecule has 0 amide bonds. The highest BCUT2D eigenvalue weighted by Crippen LogP contribution is 2.86. The van der Waals surface area contributed by atoms with Crippen molar-refractivity contribution in [1.29, 1.82) is 0 Å². The van der Waals surface area contributed by atoms with Crippen LogP contribution in [-0.4, -0.2) is 39.3 Å². The summed E-state index contributed by atoms with van der Waals surface area (Å²) in [5.41, 5.74) is 2.75. The van der Waals surface area contributed by atoms with Gasteiger partial charge in [-0.05, 0) is 79.3 Å². The summed E-state index contributed by atoms with van der Waals surface area (Å²) in [6.45, 7) is 14.6. The van der Waals surface area contributed by atoms with Gasteiger partial charge in [0.05, 0.1) is 6.10 Å². The maximum Gasteiger partial charge on any atom is 0.192 e. The molecule has 5 heteroatoms. The fraction of sp³-hybridized carbons (Fsp3) is 0.926. The molecule has 0 bridgehead atoms. The maximum absolute atomic E-state index is 7.13. The molecule has 4 saturated carbocycles. The molecule has 0 aromatic rings. The molecule has 0 unspecified atom stereocenters. The van der Waals surface area contributed by atoms with E-state index >= 15 is 0 Å². The average molecular weight is 526 g/mol. The highest BCUT2D eigenvalue weighted by atomic mass is 79.9. The maximum atomic E-state index is 7.13. The molecular weight excluding hydrogens is 480 g/mol. The lowest BCUT2D eigenvalue weighted by atomic mass is 9.52. The zero-order chi connectivity index (χ0) is 23.4. The Labute approximate surface area is 205 Å². The number of fused-ring (bicyclic) bond motifs is 2. The SMILES string of the molecule is COC1(OC)CC[C@]23C(=CC[C@H]4[C@@H]5CC[C@H](O[Si](C)(C)C(C)(C)C)[C@@]5(C)CC[C@@]42[C@@H]3Br)C1. The van der Waals surface area contributed by atoms with Crippen molar-refractivity contribution >= 4 is 24.2 Å². The van der Waals surface area contributed by atoms with Gasteiger partial charge >= 0.3 is 0 Å². The molecule has 3 nitrogen and oxygen atoms in total. The second kappa shape index (κ2) is 7.18. The first kappa shape index (κ1) is 24.0. The number of methoxy groups -OCH3 is 2. The molecule has 0 N–H and O–H groups in total. The average Bonchev–Trinajstić information content (AvgIpc) is 3.10. The van der Waals surface area contributed by atoms with Crippen LogP contribution in [0.2, 0.25) is 18.1 Å². The van der Waals surface area contributed by atoms with Gasteiger partial charge in [0.1, 0.15) is 0 Å². The highest BCUT2D eigenvalue weighted by molar-refractivity contribution is 9.09. The first-order chi connectivity index (χ1) is 14.8. The van der Waals surface area contributed by atoms with Crippen LogP contribution in [0.1, 0.15) is 79.1 Å². The topological polar surface area (TPSA) is 27.7 Å². The third kappa shape index (κ3) is 2.81. The minimum absolute atomic E-state index is 0.276. The number of rotatable bonds is 4. The van der Waals surface area contributed by atoms with Gasteiger partial charge in [0.2, 0.25) is 0 Å². The van der Waals surface area contributed by atoms with E-state index in [1.165, 1.54) is 38.5 Å². The number of hydrogen-bond acceptors (Lipinski definition) is 3. The molecule has 5 aliphatic carbocycles. The Morgan fingerprint density at radius 3 is 2.31 bits per heavy atom. The number of alkyl halides is 1. The van der Waals surface area contributed by atoms with Gasteiger partial charge < -0.3 is 13.9 Å². The summed E-state index contributed by atoms with van der Waals surface area (Å²) in [6.07, 6.45) is 12.7. The van der Waals surface area contributed by atoms with Crippen molar-refractivity contribution in [3.05, 3.63) is 11.6 Å². The Bertz CT molecular complexity index is 814. The van der Waals surface area contributed by atoms with Crippen LogP contribution in [0.4, 0.5) is 0 Å². The molecular formula is C27H45BrO3Si. The third-order valence-corrected chi connectivity index (χ3v) is 17.8. The molecule has 5 aliphatic rings. The van der Waals surface area contributed by atoms with Gasteiger partial charge in [-0.25, -0.2) is 0 Å². The van der Waals surface area contributed by atoms with Crippen LogP contribution >= 0.6 is 15.9 Å². The lowest BCUT2D eigenvalue weighted by Crippen LogP contribution is -2.52. The second-order valence-electron chi connectivity index (χ2n) is 13.5. The normalized spacial score (nSPS) is 47.1. The highest BCUT2D eigenvalue weighted by Gasteiger charge is 2.83. The van der Waals surface area contributed by atoms with Crippen LogP contribution in [-0.2, 0) is 13.9 Å². The lowest BCUT2D eigenvalue weighted by molar-refractivity contribution is -0.222. The van der Waals surface area contributed by atoms with E-state index in [-0.39, 0.29) is 5.04 Å². The van der Waals surface area contributed by atoms with Crippen molar-refractivity contribution in [2.24, 2.45) is 28.1 Å². The van der Waals surface area contributed by atoms with Crippen LogP contribution in [0, 0.1) is 28.1 Å². The smallest absolute Gasteiger partial charge is 0.192 e. The molecule has 4 fully saturated rings. The molecule has 0 saturated heterocycles. The van der Waals surface area contributed by atoms with Gasteiger partial charge in [0, 0.05) is 37.3 Å². The summed E-state index contributed by atoms with van der Waals surface area (Å²) >= 11 is 4.28. The second-order valence-corrected chi connectivity index (χ2v) is 19.2. The van der Waals surface area contributed by atoms with Gasteiger partial charge in [-0.3, -0.25) is 0 Å². The van der Waals surface area contributed by atoms with Crippen LogP contribution in [0.25, 0.3) is 0 Å². The van der Waals surface area contributed by atoms with E-state index in [2.05, 4.69) is 62.8 Å². The van der Waals surface area contributed by atoms with Crippen LogP contribution < -0.4 is 0 Å². The molecule has 0 heterocycles. The monoisotopic (exact) mass is 524 g/mol. The zero-order valence-corrected chi connectivity index (χ0v) is 24.2. The van der Waals surface area contributed by atoms with E-state index in [0.717, 1.165) is 24.7 Å². The first-order valence-corrected chi connectivity index (χ1v) is 16.8. The molecule has 0 aromatic carbocycles. The first-order valence-electron chi connectivity index (χ1n) is 13.0. The Kier molecular flexibility index (Phi) is 5.39. The molecule has 32 heavy (non-hydrogen) atoms. The van der Waals surface area contributed by atoms with Gasteiger partial charge in [0.15, 0.2) is 14.1 Å². The molecule has 0 radical (unpaired) electrons. The van der Waals surface area contributed by atoms with Crippen LogP contribution in [0.5, 0.6) is 0 Å². The minimum Gasteiger partial charge on any atom is -0.413 e. The number of ether oxygens (including phenoxy) is 2. The minimum atomic E-state index is -1.76. The Balaban J connectivity index is 1.43. The Morgan fingerprint density at radius 2 is 1.69 bits per heavy atom. The van der Waals surface area contributed by atoms with E-state index in [1.54, 1.807) is 5.57 Å². The summed E-state index contributed by atoms with van der Waals surface area (Å²) in [5, 5.41) is 0.276. The van der Waals surface area contributed by atoms with Gasteiger partial charge in [-0.1, -0.05) is 55.3 Å². The Morgan fingerprint density at radius 1 is 1.00 bits per heavy atom. The van der Waals surface area contributed by atoms with Crippen molar-refractivity contribution in [2.45, 2.75) is 114 Å². The molecule has 5 rings (SSSR count). The summed E-state index contributed by atoms with van der Waals surface area (Å²) < 4.78 is 18.9. The summed E-state index contributed by atoms with van der Waals surface area (Å²) in [5.74, 6) is 1.17. The summed E-state index contributed by atoms with van der Waals surface area (Å²) in [4.78, 5) is 0.623. The van der Waals surface area contributed by atoms with Crippen molar-refractivity contribution in [1.82, 2.24) is 0 Å². The molecule has 0 aromatic heterocycles. The van der Waals surface area contributed by atoms with Gasteiger partial charge in [-0.15, -0.1) is 0 Å². The molecule has 7 atom stereocenters. The predicted molar refractivity (Wildman–Crippen MR) is 137 cm³/mol. The van der Waals surface area contributed by atoms with Crippen molar-refractivity contribution in [2.75, 3.05) is 14.2 Å². The zero-order valence-electron chi connectivity index (χ0n) is 21.6. The van der Waals surface area contributed by atoms with Gasteiger partial charge in [0.25, 0.3) is 0 Å². The standard InChI is InChI=1S/C27H45BrO3Si/c1-23(2,3)32(7,8)31-21-12-11-19-20-10-9-18-17-25(29-5,30-6)14-16-26(18)22(28)27(20,26)15-13-24(19,21)4/h9,19-22H,10-17H2,1-8H3/t19-,20-,21-,22+,24-,26+,27-/m0/s1. The van der Waals surface area contributed by atoms with E-state index in [0.29, 0.717) is 27.2 Å². The molecule has 2 spiro atoms. The molecule has 0 aliphatic heterocycles. The summed E-state index contributed by atoms with van der Waals surface area (Å²) in [6, 6.07) is 0. The number of allylic oxidation sites excluding steroid dienone is 1. The predicted octanol–water partition coefficient (Wildman–Crippen LogP) is 7.46. The fourth-order valence-corrected chi connectivity index (χ4v) is 11.9. The van der Waals surface area contributed by atoms with Crippen molar-refractivity contribution in [3.8, 4) is 0 Å².